The molecule has 5 heteroatoms. The van der Waals surface area contributed by atoms with E-state index >= 15 is 0 Å². The van der Waals surface area contributed by atoms with Crippen LogP contribution < -0.4 is 4.74 Å². The number of carbonyl (C=O) groups is 1. The maximum Gasteiger partial charge on any atom is 0.348 e. The first-order chi connectivity index (χ1) is 8.78. The van der Waals surface area contributed by atoms with E-state index in [4.69, 9.17) is 4.74 Å². The largest absolute Gasteiger partial charge is 0.465 e. The van der Waals surface area contributed by atoms with Crippen LogP contribution in [0.15, 0.2) is 35.3 Å². The van der Waals surface area contributed by atoms with Crippen LogP contribution in [0, 0.1) is 0 Å². The molecular formula is C13H9NO3S. The summed E-state index contributed by atoms with van der Waals surface area (Å²) in [6.07, 6.45) is 1.73. The molecule has 90 valence electrons. The molecule has 1 aliphatic heterocycles. The van der Waals surface area contributed by atoms with Crippen LogP contribution in [0.4, 0.5) is 5.69 Å². The number of ether oxygens (including phenoxy) is 2. The monoisotopic (exact) mass is 259 g/mol. The highest BCUT2D eigenvalue weighted by atomic mass is 32.1. The molecule has 18 heavy (non-hydrogen) atoms. The Bertz CT molecular complexity index is 645. The lowest BCUT2D eigenvalue weighted by Crippen LogP contribution is -1.96. The highest BCUT2D eigenvalue weighted by Gasteiger charge is 2.18. The van der Waals surface area contributed by atoms with Crippen molar-refractivity contribution in [3.8, 4) is 10.8 Å². The Morgan fingerprint density at radius 3 is 3.06 bits per heavy atom. The minimum Gasteiger partial charge on any atom is -0.465 e. The van der Waals surface area contributed by atoms with E-state index in [0.29, 0.717) is 15.6 Å². The lowest BCUT2D eigenvalue weighted by atomic mass is 10.2. The first-order valence-electron chi connectivity index (χ1n) is 5.31. The van der Waals surface area contributed by atoms with Crippen molar-refractivity contribution in [3.05, 3.63) is 40.8 Å². The molecule has 0 saturated carbocycles. The number of para-hydroxylation sites is 1. The number of aliphatic imine (C=N–C) groups is 1. The lowest BCUT2D eigenvalue weighted by Gasteiger charge is -2.03. The summed E-state index contributed by atoms with van der Waals surface area (Å²) >= 11 is 1.23. The van der Waals surface area contributed by atoms with Gasteiger partial charge in [0.1, 0.15) is 16.3 Å². The highest BCUT2D eigenvalue weighted by molar-refractivity contribution is 7.16. The molecule has 2 heterocycles. The number of rotatable bonds is 1. The number of hydrogen-bond donors (Lipinski definition) is 0. The number of benzene rings is 1. The third kappa shape index (κ3) is 1.78. The van der Waals surface area contributed by atoms with Crippen LogP contribution in [0.1, 0.15) is 15.2 Å². The zero-order chi connectivity index (χ0) is 12.5. The van der Waals surface area contributed by atoms with Crippen LogP contribution in [0.25, 0.3) is 0 Å². The first kappa shape index (κ1) is 11.0. The number of thiophene rings is 1. The van der Waals surface area contributed by atoms with Gasteiger partial charge < -0.3 is 9.47 Å². The average molecular weight is 259 g/mol. The van der Waals surface area contributed by atoms with Gasteiger partial charge in [0.25, 0.3) is 0 Å². The maximum absolute atomic E-state index is 11.4. The minimum absolute atomic E-state index is 0.375. The van der Waals surface area contributed by atoms with Gasteiger partial charge in [0, 0.05) is 11.8 Å². The lowest BCUT2D eigenvalue weighted by molar-refractivity contribution is 0.0606. The van der Waals surface area contributed by atoms with Gasteiger partial charge in [-0.25, -0.2) is 4.79 Å². The Morgan fingerprint density at radius 2 is 2.22 bits per heavy atom. The van der Waals surface area contributed by atoms with Crippen LogP contribution in [0.5, 0.6) is 10.8 Å². The van der Waals surface area contributed by atoms with Crippen molar-refractivity contribution in [2.45, 2.75) is 0 Å². The van der Waals surface area contributed by atoms with Crippen LogP contribution in [-0.4, -0.2) is 19.3 Å². The summed E-state index contributed by atoms with van der Waals surface area (Å²) in [6.45, 7) is 0. The molecule has 0 amide bonds. The van der Waals surface area contributed by atoms with Gasteiger partial charge in [0.05, 0.1) is 7.11 Å². The Morgan fingerprint density at radius 1 is 1.39 bits per heavy atom. The van der Waals surface area contributed by atoms with Crippen molar-refractivity contribution in [2.24, 2.45) is 4.99 Å². The normalized spacial score (nSPS) is 12.1. The molecule has 1 aromatic heterocycles. The van der Waals surface area contributed by atoms with Gasteiger partial charge in [-0.2, -0.15) is 0 Å². The molecule has 0 atom stereocenters. The number of fused-ring (bicyclic) bond motifs is 2. The average Bonchev–Trinajstić information content (AvgIpc) is 2.72. The van der Waals surface area contributed by atoms with E-state index in [1.165, 1.54) is 18.4 Å². The summed E-state index contributed by atoms with van der Waals surface area (Å²) in [5.74, 6) is 0.360. The van der Waals surface area contributed by atoms with E-state index in [2.05, 4.69) is 9.73 Å². The predicted octanol–water partition coefficient (Wildman–Crippen LogP) is 3.39. The molecule has 0 bridgehead atoms. The van der Waals surface area contributed by atoms with E-state index in [1.807, 2.05) is 24.3 Å². The van der Waals surface area contributed by atoms with E-state index in [1.54, 1.807) is 12.3 Å². The molecular weight excluding hydrogens is 250 g/mol. The van der Waals surface area contributed by atoms with Crippen molar-refractivity contribution < 1.29 is 14.3 Å². The van der Waals surface area contributed by atoms with Gasteiger partial charge in [0.15, 0.2) is 0 Å². The van der Waals surface area contributed by atoms with Crippen molar-refractivity contribution in [1.29, 1.82) is 0 Å². The predicted molar refractivity (Wildman–Crippen MR) is 69.4 cm³/mol. The van der Waals surface area contributed by atoms with E-state index in [-0.39, 0.29) is 5.97 Å². The molecule has 0 spiro atoms. The van der Waals surface area contributed by atoms with Crippen molar-refractivity contribution >= 4 is 29.2 Å². The second kappa shape index (κ2) is 4.27. The minimum atomic E-state index is -0.375. The SMILES string of the molecule is COC(=O)c1cc2c(s1)Oc1ccccc1C=N2. The summed E-state index contributed by atoms with van der Waals surface area (Å²) in [6, 6.07) is 9.29. The number of hydrogen-bond acceptors (Lipinski definition) is 5. The van der Waals surface area contributed by atoms with Gasteiger partial charge in [-0.3, -0.25) is 4.99 Å². The third-order valence-corrected chi connectivity index (χ3v) is 3.51. The zero-order valence-electron chi connectivity index (χ0n) is 9.54. The second-order valence-electron chi connectivity index (χ2n) is 3.67. The third-order valence-electron chi connectivity index (χ3n) is 2.53. The molecule has 0 fully saturated rings. The molecule has 4 nitrogen and oxygen atoms in total. The maximum atomic E-state index is 11.4. The summed E-state index contributed by atoms with van der Waals surface area (Å²) in [4.78, 5) is 16.2. The molecule has 1 aliphatic rings. The first-order valence-corrected chi connectivity index (χ1v) is 6.12. The molecule has 0 aliphatic carbocycles. The topological polar surface area (TPSA) is 47.9 Å². The Labute approximate surface area is 108 Å². The van der Waals surface area contributed by atoms with Crippen LogP contribution in [0.3, 0.4) is 0 Å². The Balaban J connectivity index is 2.05. The fraction of sp³-hybridized carbons (Fsp3) is 0.0769. The van der Waals surface area contributed by atoms with Gasteiger partial charge in [-0.1, -0.05) is 23.5 Å². The van der Waals surface area contributed by atoms with Crippen molar-refractivity contribution in [1.82, 2.24) is 0 Å². The highest BCUT2D eigenvalue weighted by Crippen LogP contribution is 2.42. The molecule has 0 radical (unpaired) electrons. The van der Waals surface area contributed by atoms with Crippen molar-refractivity contribution in [3.63, 3.8) is 0 Å². The number of methoxy groups -OCH3 is 1. The van der Waals surface area contributed by atoms with E-state index in [9.17, 15) is 4.79 Å². The van der Waals surface area contributed by atoms with Crippen LogP contribution >= 0.6 is 11.3 Å². The molecule has 1 aromatic carbocycles. The smallest absolute Gasteiger partial charge is 0.348 e. The number of esters is 1. The van der Waals surface area contributed by atoms with Gasteiger partial charge in [-0.05, 0) is 18.2 Å². The van der Waals surface area contributed by atoms with E-state index < -0.39 is 0 Å². The van der Waals surface area contributed by atoms with Gasteiger partial charge in [0.2, 0.25) is 5.06 Å². The molecule has 0 N–H and O–H groups in total. The Hall–Kier alpha value is -2.14. The van der Waals surface area contributed by atoms with Crippen LogP contribution in [-0.2, 0) is 4.74 Å². The molecule has 2 aromatic rings. The van der Waals surface area contributed by atoms with Gasteiger partial charge >= 0.3 is 5.97 Å². The Kier molecular flexibility index (Phi) is 2.60. The summed E-state index contributed by atoms with van der Waals surface area (Å²) < 4.78 is 10.4. The number of nitrogens with zero attached hydrogens (tertiary/aromatic N) is 1. The summed E-state index contributed by atoms with van der Waals surface area (Å²) in [5, 5.41) is 0.608. The summed E-state index contributed by atoms with van der Waals surface area (Å²) in [5.41, 5.74) is 1.57. The van der Waals surface area contributed by atoms with Gasteiger partial charge in [-0.15, -0.1) is 0 Å². The van der Waals surface area contributed by atoms with Crippen LogP contribution in [0.2, 0.25) is 0 Å². The molecule has 0 unspecified atom stereocenters. The molecule has 3 rings (SSSR count). The fourth-order valence-corrected chi connectivity index (χ4v) is 2.53. The summed E-state index contributed by atoms with van der Waals surface area (Å²) in [7, 11) is 1.35. The quantitative estimate of drug-likeness (QED) is 0.629. The second-order valence-corrected chi connectivity index (χ2v) is 4.69. The number of carbonyl (C=O) groups excluding carboxylic acids is 1. The standard InChI is InChI=1S/C13H9NO3S/c1-16-12(15)11-6-9-13(18-11)17-10-5-3-2-4-8(10)7-14-9/h2-7H,1H3. The zero-order valence-corrected chi connectivity index (χ0v) is 10.4. The molecule has 0 saturated heterocycles. The van der Waals surface area contributed by atoms with Crippen molar-refractivity contribution in [2.75, 3.05) is 7.11 Å². The fourth-order valence-electron chi connectivity index (χ4n) is 1.65. The van der Waals surface area contributed by atoms with E-state index in [0.717, 1.165) is 11.3 Å².